The number of fused-ring (bicyclic) bond motifs is 2. The van der Waals surface area contributed by atoms with Crippen molar-refractivity contribution in [1.29, 1.82) is 0 Å². The van der Waals surface area contributed by atoms with Crippen LogP contribution in [-0.4, -0.2) is 75.5 Å². The van der Waals surface area contributed by atoms with Crippen molar-refractivity contribution in [3.8, 4) is 0 Å². The summed E-state index contributed by atoms with van der Waals surface area (Å²) in [7, 11) is -7.39. The van der Waals surface area contributed by atoms with Crippen LogP contribution in [-0.2, 0) is 36.7 Å². The minimum atomic E-state index is -3.70. The Morgan fingerprint density at radius 1 is 0.769 bits per heavy atom. The summed E-state index contributed by atoms with van der Waals surface area (Å²) in [6, 6.07) is 0. The summed E-state index contributed by atoms with van der Waals surface area (Å²) in [4.78, 5) is 0. The fourth-order valence-electron chi connectivity index (χ4n) is 3.24. The van der Waals surface area contributed by atoms with Gasteiger partial charge in [0.1, 0.15) is 24.4 Å². The number of hydrogen-bond donors (Lipinski definition) is 0. The topological polar surface area (TPSA) is 89.5 Å². The third-order valence-electron chi connectivity index (χ3n) is 4.61. The van der Waals surface area contributed by atoms with Crippen molar-refractivity contribution < 1.29 is 45.5 Å². The van der Waals surface area contributed by atoms with E-state index in [0.29, 0.717) is 0 Å². The van der Waals surface area contributed by atoms with Crippen LogP contribution in [0, 0.1) is 0 Å². The molecule has 0 radical (unpaired) electrons. The molecule has 0 spiro atoms. The standard InChI is InChI=1S/C14H24F2O8P2/c1-7-11(15)13-9(21-7)5-19-26(4,18)24-14-10(22-8(2)12(14)16)6-20-25(3,17)23-13/h7-14H,5-6H2,1-4H3/t7-,8-,9+,10+,11-,12-,13+,14+,25?,26?/m0/s1. The van der Waals surface area contributed by atoms with Crippen LogP contribution in [0.2, 0.25) is 0 Å². The zero-order valence-electron chi connectivity index (χ0n) is 14.9. The van der Waals surface area contributed by atoms with Crippen LogP contribution < -0.4 is 0 Å². The molecule has 3 heterocycles. The van der Waals surface area contributed by atoms with E-state index in [4.69, 9.17) is 27.6 Å². The highest BCUT2D eigenvalue weighted by atomic mass is 31.2. The number of alkyl halides is 2. The molecule has 3 rings (SSSR count). The average molecular weight is 420 g/mol. The van der Waals surface area contributed by atoms with Crippen LogP contribution in [0.15, 0.2) is 0 Å². The molecule has 3 saturated heterocycles. The van der Waals surface area contributed by atoms with E-state index in [9.17, 15) is 17.9 Å². The molecular formula is C14H24F2O8P2. The Morgan fingerprint density at radius 3 is 1.46 bits per heavy atom. The lowest BCUT2D eigenvalue weighted by Crippen LogP contribution is -2.37. The highest BCUT2D eigenvalue weighted by Crippen LogP contribution is 2.53. The van der Waals surface area contributed by atoms with E-state index in [1.807, 2.05) is 0 Å². The van der Waals surface area contributed by atoms with Gasteiger partial charge in [-0.05, 0) is 13.8 Å². The zero-order valence-corrected chi connectivity index (χ0v) is 16.7. The maximum Gasteiger partial charge on any atom is 0.328 e. The molecular weight excluding hydrogens is 396 g/mol. The molecule has 0 amide bonds. The first-order valence-electron chi connectivity index (χ1n) is 8.39. The molecule has 3 fully saturated rings. The molecule has 0 saturated carbocycles. The molecule has 8 nitrogen and oxygen atoms in total. The van der Waals surface area contributed by atoms with Gasteiger partial charge >= 0.3 is 15.2 Å². The van der Waals surface area contributed by atoms with Crippen LogP contribution >= 0.6 is 15.2 Å². The van der Waals surface area contributed by atoms with Gasteiger partial charge in [0, 0.05) is 13.3 Å². The summed E-state index contributed by atoms with van der Waals surface area (Å²) in [6.07, 6.45) is -9.11. The second kappa shape index (κ2) is 7.48. The van der Waals surface area contributed by atoms with Crippen LogP contribution in [0.25, 0.3) is 0 Å². The number of halogens is 2. The van der Waals surface area contributed by atoms with E-state index in [1.54, 1.807) is 0 Å². The molecule has 152 valence electrons. The first kappa shape index (κ1) is 20.8. The Morgan fingerprint density at radius 2 is 1.12 bits per heavy atom. The minimum absolute atomic E-state index is 0.325. The first-order valence-corrected chi connectivity index (χ1v) is 12.4. The van der Waals surface area contributed by atoms with E-state index in [1.165, 1.54) is 27.2 Å². The van der Waals surface area contributed by atoms with Crippen molar-refractivity contribution in [3.05, 3.63) is 0 Å². The van der Waals surface area contributed by atoms with E-state index in [2.05, 4.69) is 0 Å². The molecule has 0 bridgehead atoms. The Labute approximate surface area is 150 Å². The maximum atomic E-state index is 14.4. The third kappa shape index (κ3) is 4.39. The number of ether oxygens (including phenoxy) is 2. The van der Waals surface area contributed by atoms with Gasteiger partial charge in [-0.1, -0.05) is 0 Å². The quantitative estimate of drug-likeness (QED) is 0.553. The van der Waals surface area contributed by atoms with Gasteiger partial charge in [-0.2, -0.15) is 0 Å². The lowest BCUT2D eigenvalue weighted by atomic mass is 10.1. The Bertz CT molecular complexity index is 570. The SMILES string of the molecule is C[C@@H]1O[C@@H]2COP(C)(=O)O[C@H]3[C@@H](F)[C@H](C)O[C@@H]3COP(C)(=O)O[C@H]2[C@H]1F. The Balaban J connectivity index is 1.85. The second-order valence-electron chi connectivity index (χ2n) is 6.92. The number of hydrogen-bond acceptors (Lipinski definition) is 8. The van der Waals surface area contributed by atoms with Gasteiger partial charge in [0.25, 0.3) is 0 Å². The molecule has 0 aromatic heterocycles. The number of rotatable bonds is 0. The predicted octanol–water partition coefficient (Wildman–Crippen LogP) is 2.70. The first-order chi connectivity index (χ1) is 12.0. The van der Waals surface area contributed by atoms with Gasteiger partial charge in [0.15, 0.2) is 12.3 Å². The van der Waals surface area contributed by atoms with Gasteiger partial charge in [0.2, 0.25) is 0 Å². The zero-order chi connectivity index (χ0) is 19.3. The van der Waals surface area contributed by atoms with Gasteiger partial charge in [-0.15, -0.1) is 0 Å². The largest absolute Gasteiger partial charge is 0.367 e. The molecule has 12 heteroatoms. The van der Waals surface area contributed by atoms with Crippen molar-refractivity contribution in [2.75, 3.05) is 26.5 Å². The predicted molar refractivity (Wildman–Crippen MR) is 87.2 cm³/mol. The van der Waals surface area contributed by atoms with Crippen LogP contribution in [0.5, 0.6) is 0 Å². The van der Waals surface area contributed by atoms with Gasteiger partial charge in [0.05, 0.1) is 25.4 Å². The fourth-order valence-corrected chi connectivity index (χ4v) is 5.59. The van der Waals surface area contributed by atoms with E-state index >= 15 is 0 Å². The third-order valence-corrected chi connectivity index (χ3v) is 7.10. The summed E-state index contributed by atoms with van der Waals surface area (Å²) in [5, 5.41) is 0. The van der Waals surface area contributed by atoms with Crippen LogP contribution in [0.3, 0.4) is 0 Å². The summed E-state index contributed by atoms with van der Waals surface area (Å²) < 4.78 is 86.1. The smallest absolute Gasteiger partial charge is 0.328 e. The average Bonchev–Trinajstić information content (AvgIpc) is 2.95. The molecule has 0 aromatic rings. The lowest BCUT2D eigenvalue weighted by Gasteiger charge is -2.29. The monoisotopic (exact) mass is 420 g/mol. The molecule has 26 heavy (non-hydrogen) atoms. The molecule has 3 aliphatic rings. The lowest BCUT2D eigenvalue weighted by molar-refractivity contribution is -0.0357. The van der Waals surface area contributed by atoms with Crippen molar-refractivity contribution >= 4 is 15.2 Å². The molecule has 0 aliphatic carbocycles. The highest BCUT2D eigenvalue weighted by Gasteiger charge is 2.51. The van der Waals surface area contributed by atoms with E-state index < -0.39 is 64.2 Å². The van der Waals surface area contributed by atoms with E-state index in [-0.39, 0.29) is 13.2 Å². The fraction of sp³-hybridized carbons (Fsp3) is 1.00. The van der Waals surface area contributed by atoms with Crippen LogP contribution in [0.1, 0.15) is 13.8 Å². The van der Waals surface area contributed by atoms with E-state index in [0.717, 1.165) is 0 Å². The van der Waals surface area contributed by atoms with Crippen molar-refractivity contribution in [2.45, 2.75) is 62.8 Å². The molecule has 10 atom stereocenters. The minimum Gasteiger partial charge on any atom is -0.367 e. The Hall–Kier alpha value is 0.0800. The maximum absolute atomic E-state index is 14.4. The van der Waals surface area contributed by atoms with Gasteiger partial charge in [-0.3, -0.25) is 18.2 Å². The summed E-state index contributed by atoms with van der Waals surface area (Å²) >= 11 is 0. The van der Waals surface area contributed by atoms with Gasteiger partial charge in [-0.25, -0.2) is 8.78 Å². The second-order valence-corrected chi connectivity index (χ2v) is 10.9. The van der Waals surface area contributed by atoms with Crippen molar-refractivity contribution in [3.63, 3.8) is 0 Å². The summed E-state index contributed by atoms with van der Waals surface area (Å²) in [5.74, 6) is 0. The Kier molecular flexibility index (Phi) is 5.99. The molecule has 0 aromatic carbocycles. The van der Waals surface area contributed by atoms with Gasteiger partial charge < -0.3 is 18.5 Å². The normalized spacial score (nSPS) is 56.2. The summed E-state index contributed by atoms with van der Waals surface area (Å²) in [6.45, 7) is 4.73. The van der Waals surface area contributed by atoms with Crippen LogP contribution in [0.4, 0.5) is 8.78 Å². The molecule has 0 N–H and O–H groups in total. The van der Waals surface area contributed by atoms with Crippen molar-refractivity contribution in [1.82, 2.24) is 0 Å². The highest BCUT2D eigenvalue weighted by molar-refractivity contribution is 7.53. The molecule has 2 unspecified atom stereocenters. The van der Waals surface area contributed by atoms with Crippen molar-refractivity contribution in [2.24, 2.45) is 0 Å². The summed E-state index contributed by atoms with van der Waals surface area (Å²) in [5.41, 5.74) is 0. The molecule has 3 aliphatic heterocycles.